The Morgan fingerprint density at radius 3 is 2.26 bits per heavy atom. The van der Waals surface area contributed by atoms with Gasteiger partial charge in [-0.3, -0.25) is 0 Å². The van der Waals surface area contributed by atoms with Gasteiger partial charge in [0.25, 0.3) is 0 Å². The summed E-state index contributed by atoms with van der Waals surface area (Å²) in [5, 5.41) is 6.70. The fourth-order valence-corrected chi connectivity index (χ4v) is 2.01. The predicted octanol–water partition coefficient (Wildman–Crippen LogP) is 1.75. The van der Waals surface area contributed by atoms with Crippen LogP contribution in [0.15, 0.2) is 12.1 Å². The average Bonchev–Trinajstić information content (AvgIpc) is 2.43. The van der Waals surface area contributed by atoms with Gasteiger partial charge < -0.3 is 20.1 Å². The number of hydrogen-bond donors (Lipinski definition) is 2. The summed E-state index contributed by atoms with van der Waals surface area (Å²) < 4.78 is 10.8. The number of rotatable bonds is 9. The van der Waals surface area contributed by atoms with Crippen molar-refractivity contribution in [3.05, 3.63) is 23.3 Å². The predicted molar refractivity (Wildman–Crippen MR) is 79.4 cm³/mol. The number of methoxy groups -OCH3 is 2. The summed E-state index contributed by atoms with van der Waals surface area (Å²) >= 11 is 0. The van der Waals surface area contributed by atoms with Crippen molar-refractivity contribution in [1.82, 2.24) is 10.6 Å². The highest BCUT2D eigenvalue weighted by Gasteiger charge is 2.08. The monoisotopic (exact) mass is 266 g/mol. The third-order valence-electron chi connectivity index (χ3n) is 3.10. The first-order chi connectivity index (χ1) is 9.22. The Morgan fingerprint density at radius 2 is 1.63 bits per heavy atom. The third kappa shape index (κ3) is 5.09. The summed E-state index contributed by atoms with van der Waals surface area (Å²) in [6, 6.07) is 4.10. The zero-order valence-electron chi connectivity index (χ0n) is 12.5. The lowest BCUT2D eigenvalue weighted by Gasteiger charge is -2.13. The minimum absolute atomic E-state index is 0.920. The van der Waals surface area contributed by atoms with Crippen LogP contribution in [0.3, 0.4) is 0 Å². The van der Waals surface area contributed by atoms with Gasteiger partial charge in [-0.25, -0.2) is 0 Å². The van der Waals surface area contributed by atoms with Gasteiger partial charge in [0.1, 0.15) is 11.5 Å². The summed E-state index contributed by atoms with van der Waals surface area (Å²) in [7, 11) is 3.41. The average molecular weight is 266 g/mol. The molecule has 0 aliphatic carbocycles. The zero-order chi connectivity index (χ0) is 14.1. The van der Waals surface area contributed by atoms with E-state index in [1.807, 2.05) is 13.0 Å². The largest absolute Gasteiger partial charge is 0.496 e. The van der Waals surface area contributed by atoms with E-state index < -0.39 is 0 Å². The van der Waals surface area contributed by atoms with Gasteiger partial charge in [-0.05, 0) is 49.7 Å². The Kier molecular flexibility index (Phi) is 7.30. The maximum absolute atomic E-state index is 5.43. The van der Waals surface area contributed by atoms with Crippen LogP contribution in [-0.2, 0) is 6.42 Å². The van der Waals surface area contributed by atoms with Crippen LogP contribution in [0.4, 0.5) is 0 Å². The van der Waals surface area contributed by atoms with Crippen molar-refractivity contribution < 1.29 is 9.47 Å². The molecule has 0 fully saturated rings. The van der Waals surface area contributed by atoms with E-state index in [9.17, 15) is 0 Å². The second-order valence-corrected chi connectivity index (χ2v) is 4.49. The number of benzene rings is 1. The minimum atomic E-state index is 0.920. The number of hydrogen-bond acceptors (Lipinski definition) is 4. The lowest BCUT2D eigenvalue weighted by molar-refractivity contribution is 0.396. The Balaban J connectivity index is 2.51. The van der Waals surface area contributed by atoms with Gasteiger partial charge in [-0.1, -0.05) is 6.92 Å². The van der Waals surface area contributed by atoms with Crippen molar-refractivity contribution >= 4 is 0 Å². The van der Waals surface area contributed by atoms with Gasteiger partial charge in [0, 0.05) is 13.1 Å². The van der Waals surface area contributed by atoms with Gasteiger partial charge in [0.15, 0.2) is 0 Å². The molecule has 19 heavy (non-hydrogen) atoms. The van der Waals surface area contributed by atoms with E-state index in [4.69, 9.17) is 9.47 Å². The van der Waals surface area contributed by atoms with Crippen LogP contribution >= 0.6 is 0 Å². The van der Waals surface area contributed by atoms with Gasteiger partial charge in [-0.2, -0.15) is 0 Å². The van der Waals surface area contributed by atoms with Gasteiger partial charge >= 0.3 is 0 Å². The molecule has 0 saturated carbocycles. The van der Waals surface area contributed by atoms with Crippen LogP contribution in [-0.4, -0.2) is 40.4 Å². The van der Waals surface area contributed by atoms with E-state index in [1.54, 1.807) is 14.2 Å². The lowest BCUT2D eigenvalue weighted by Crippen LogP contribution is -2.28. The van der Waals surface area contributed by atoms with Crippen molar-refractivity contribution in [1.29, 1.82) is 0 Å². The molecule has 2 N–H and O–H groups in total. The van der Waals surface area contributed by atoms with E-state index in [0.29, 0.717) is 0 Å². The molecule has 4 nitrogen and oxygen atoms in total. The maximum atomic E-state index is 5.43. The molecule has 108 valence electrons. The number of likely N-dealkylation sites (N-methyl/N-ethyl adjacent to an activating group) is 1. The molecule has 0 heterocycles. The van der Waals surface area contributed by atoms with E-state index in [2.05, 4.69) is 23.6 Å². The van der Waals surface area contributed by atoms with Crippen LogP contribution in [0, 0.1) is 6.92 Å². The number of aryl methyl sites for hydroxylation is 1. The van der Waals surface area contributed by atoms with Crippen molar-refractivity contribution in [2.24, 2.45) is 0 Å². The van der Waals surface area contributed by atoms with Crippen LogP contribution < -0.4 is 20.1 Å². The summed E-state index contributed by atoms with van der Waals surface area (Å²) in [6.07, 6.45) is 0.936. The molecule has 1 rings (SSSR count). The highest BCUT2D eigenvalue weighted by atomic mass is 16.5. The fraction of sp³-hybridized carbons (Fsp3) is 0.600. The van der Waals surface area contributed by atoms with Crippen molar-refractivity contribution in [3.63, 3.8) is 0 Å². The van der Waals surface area contributed by atoms with Gasteiger partial charge in [0.05, 0.1) is 14.2 Å². The van der Waals surface area contributed by atoms with Crippen LogP contribution in [0.1, 0.15) is 18.1 Å². The first kappa shape index (κ1) is 15.8. The number of ether oxygens (including phenoxy) is 2. The topological polar surface area (TPSA) is 42.5 Å². The smallest absolute Gasteiger partial charge is 0.122 e. The Bertz CT molecular complexity index is 381. The molecule has 0 aliphatic heterocycles. The minimum Gasteiger partial charge on any atom is -0.496 e. The van der Waals surface area contributed by atoms with Crippen LogP contribution in [0.2, 0.25) is 0 Å². The Labute approximate surface area is 116 Å². The maximum Gasteiger partial charge on any atom is 0.122 e. The molecule has 0 aromatic heterocycles. The van der Waals surface area contributed by atoms with Crippen molar-refractivity contribution in [2.75, 3.05) is 40.4 Å². The molecule has 0 amide bonds. The Morgan fingerprint density at radius 1 is 0.947 bits per heavy atom. The fourth-order valence-electron chi connectivity index (χ4n) is 2.01. The molecule has 0 spiro atoms. The molecule has 0 radical (unpaired) electrons. The first-order valence-electron chi connectivity index (χ1n) is 6.85. The van der Waals surface area contributed by atoms with Crippen molar-refractivity contribution in [2.45, 2.75) is 20.3 Å². The molecule has 1 aromatic carbocycles. The van der Waals surface area contributed by atoms with Gasteiger partial charge in [0.2, 0.25) is 0 Å². The highest BCUT2D eigenvalue weighted by Crippen LogP contribution is 2.28. The standard InChI is InChI=1S/C15H26N2O2/c1-5-16-8-9-17-7-6-13-11-14(18-3)12(2)10-15(13)19-4/h10-11,16-17H,5-9H2,1-4H3. The summed E-state index contributed by atoms with van der Waals surface area (Å²) in [5.74, 6) is 1.86. The van der Waals surface area contributed by atoms with E-state index in [-0.39, 0.29) is 0 Å². The quantitative estimate of drug-likeness (QED) is 0.668. The molecule has 0 unspecified atom stereocenters. The molecule has 4 heteroatoms. The zero-order valence-corrected chi connectivity index (χ0v) is 12.5. The van der Waals surface area contributed by atoms with Crippen LogP contribution in [0.25, 0.3) is 0 Å². The normalized spacial score (nSPS) is 10.5. The second-order valence-electron chi connectivity index (χ2n) is 4.49. The molecule has 0 saturated heterocycles. The Hall–Kier alpha value is -1.26. The molecular weight excluding hydrogens is 240 g/mol. The van der Waals surface area contributed by atoms with E-state index in [1.165, 1.54) is 5.56 Å². The lowest BCUT2D eigenvalue weighted by atomic mass is 10.1. The SMILES string of the molecule is CCNCCNCCc1cc(OC)c(C)cc1OC. The summed E-state index contributed by atoms with van der Waals surface area (Å²) in [5.41, 5.74) is 2.28. The highest BCUT2D eigenvalue weighted by molar-refractivity contribution is 5.46. The van der Waals surface area contributed by atoms with Crippen LogP contribution in [0.5, 0.6) is 11.5 Å². The van der Waals surface area contributed by atoms with Gasteiger partial charge in [-0.15, -0.1) is 0 Å². The molecule has 0 atom stereocenters. The molecule has 0 aliphatic rings. The molecular formula is C15H26N2O2. The third-order valence-corrected chi connectivity index (χ3v) is 3.10. The van der Waals surface area contributed by atoms with E-state index in [0.717, 1.165) is 49.7 Å². The first-order valence-corrected chi connectivity index (χ1v) is 6.85. The number of nitrogens with one attached hydrogen (secondary N) is 2. The molecule has 0 bridgehead atoms. The van der Waals surface area contributed by atoms with Crippen molar-refractivity contribution in [3.8, 4) is 11.5 Å². The molecule has 1 aromatic rings. The second kappa shape index (κ2) is 8.77. The summed E-state index contributed by atoms with van der Waals surface area (Å²) in [6.45, 7) is 8.09. The van der Waals surface area contributed by atoms with E-state index >= 15 is 0 Å². The summed E-state index contributed by atoms with van der Waals surface area (Å²) in [4.78, 5) is 0.